The number of carbonyl (C=O) groups excluding carboxylic acids is 1. The van der Waals surface area contributed by atoms with Gasteiger partial charge in [0.25, 0.3) is 0 Å². The molecule has 174 valence electrons. The van der Waals surface area contributed by atoms with E-state index in [9.17, 15) is 4.79 Å². The number of nitrogen functional groups attached to an aromatic ring is 1. The van der Waals surface area contributed by atoms with Gasteiger partial charge in [-0.15, -0.1) is 10.2 Å². The highest BCUT2D eigenvalue weighted by atomic mass is 32.2. The molecule has 0 aliphatic heterocycles. The van der Waals surface area contributed by atoms with E-state index >= 15 is 0 Å². The van der Waals surface area contributed by atoms with Crippen molar-refractivity contribution in [2.45, 2.75) is 11.7 Å². The molecule has 34 heavy (non-hydrogen) atoms. The number of hydrogen-bond acceptors (Lipinski definition) is 8. The standard InChI is InChI=1S/C24H24N6O3S/c1-32-18-13-11-17(12-14-18)26-15-22-28-29-24(30(22)25)34-16-23(31)27-20-9-5-6-10-21(20)33-19-7-3-2-4-8-19/h2-14,26H,15-16,25H2,1H3,(H,27,31). The zero-order valence-corrected chi connectivity index (χ0v) is 19.3. The minimum atomic E-state index is -0.213. The number of ether oxygens (including phenoxy) is 2. The molecule has 0 atom stereocenters. The van der Waals surface area contributed by atoms with E-state index in [0.717, 1.165) is 11.4 Å². The van der Waals surface area contributed by atoms with Crippen LogP contribution < -0.4 is 25.9 Å². The van der Waals surface area contributed by atoms with Crippen LogP contribution in [0.1, 0.15) is 5.82 Å². The zero-order valence-electron chi connectivity index (χ0n) is 18.5. The summed E-state index contributed by atoms with van der Waals surface area (Å²) in [6, 6.07) is 24.2. The molecule has 1 aromatic heterocycles. The lowest BCUT2D eigenvalue weighted by molar-refractivity contribution is -0.113. The maximum atomic E-state index is 12.6. The molecule has 4 N–H and O–H groups in total. The molecule has 3 aromatic carbocycles. The second-order valence-electron chi connectivity index (χ2n) is 7.10. The first-order valence-electron chi connectivity index (χ1n) is 10.4. The molecule has 9 nitrogen and oxygen atoms in total. The van der Waals surface area contributed by atoms with Gasteiger partial charge < -0.3 is 25.9 Å². The van der Waals surface area contributed by atoms with Crippen molar-refractivity contribution < 1.29 is 14.3 Å². The van der Waals surface area contributed by atoms with Gasteiger partial charge in [-0.2, -0.15) is 0 Å². The number of nitrogens with two attached hydrogens (primary N) is 1. The normalized spacial score (nSPS) is 10.5. The predicted molar refractivity (Wildman–Crippen MR) is 133 cm³/mol. The van der Waals surface area contributed by atoms with Gasteiger partial charge in [0.2, 0.25) is 11.1 Å². The number of carbonyl (C=O) groups is 1. The van der Waals surface area contributed by atoms with E-state index in [2.05, 4.69) is 20.8 Å². The van der Waals surface area contributed by atoms with Crippen LogP contribution in [0.15, 0.2) is 84.0 Å². The molecule has 4 rings (SSSR count). The van der Waals surface area contributed by atoms with Crippen LogP contribution in [0.4, 0.5) is 11.4 Å². The highest BCUT2D eigenvalue weighted by Crippen LogP contribution is 2.29. The Morgan fingerprint density at radius 1 is 0.971 bits per heavy atom. The number of benzene rings is 3. The molecule has 0 aliphatic carbocycles. The van der Waals surface area contributed by atoms with Crippen LogP contribution in [0.5, 0.6) is 17.2 Å². The van der Waals surface area contributed by atoms with Gasteiger partial charge in [0.05, 0.1) is 25.1 Å². The minimum Gasteiger partial charge on any atom is -0.497 e. The van der Waals surface area contributed by atoms with E-state index in [1.165, 1.54) is 16.4 Å². The van der Waals surface area contributed by atoms with Crippen molar-refractivity contribution in [3.63, 3.8) is 0 Å². The maximum Gasteiger partial charge on any atom is 0.234 e. The monoisotopic (exact) mass is 476 g/mol. The lowest BCUT2D eigenvalue weighted by atomic mass is 10.3. The van der Waals surface area contributed by atoms with E-state index in [0.29, 0.717) is 34.7 Å². The summed E-state index contributed by atoms with van der Waals surface area (Å²) in [7, 11) is 1.62. The van der Waals surface area contributed by atoms with Crippen molar-refractivity contribution in [1.82, 2.24) is 14.9 Å². The summed E-state index contributed by atoms with van der Waals surface area (Å²) in [6.45, 7) is 0.382. The number of amides is 1. The van der Waals surface area contributed by atoms with Crippen molar-refractivity contribution in [3.8, 4) is 17.2 Å². The second-order valence-corrected chi connectivity index (χ2v) is 8.04. The molecular formula is C24H24N6O3S. The molecule has 1 heterocycles. The molecule has 0 aliphatic rings. The van der Waals surface area contributed by atoms with E-state index in [4.69, 9.17) is 15.3 Å². The molecule has 0 spiro atoms. The Bertz CT molecular complexity index is 1230. The van der Waals surface area contributed by atoms with Crippen molar-refractivity contribution >= 4 is 29.0 Å². The number of anilines is 2. The van der Waals surface area contributed by atoms with E-state index in [-0.39, 0.29) is 11.7 Å². The second kappa shape index (κ2) is 11.1. The topological polar surface area (TPSA) is 116 Å². The van der Waals surface area contributed by atoms with Crippen molar-refractivity contribution in [2.24, 2.45) is 0 Å². The average molecular weight is 477 g/mol. The fourth-order valence-electron chi connectivity index (χ4n) is 3.01. The summed E-state index contributed by atoms with van der Waals surface area (Å²) in [5, 5.41) is 14.8. The Hall–Kier alpha value is -4.18. The number of hydrogen-bond donors (Lipinski definition) is 3. The first-order valence-corrected chi connectivity index (χ1v) is 11.4. The molecule has 1 amide bonds. The van der Waals surface area contributed by atoms with Crippen LogP contribution in [-0.4, -0.2) is 33.6 Å². The SMILES string of the molecule is COc1ccc(NCc2nnc(SCC(=O)Nc3ccccc3Oc3ccccc3)n2N)cc1. The van der Waals surface area contributed by atoms with Crippen LogP contribution in [0.25, 0.3) is 0 Å². The molecule has 4 aromatic rings. The summed E-state index contributed by atoms with van der Waals surface area (Å²) < 4.78 is 12.4. The summed E-state index contributed by atoms with van der Waals surface area (Å²) in [5.41, 5.74) is 1.48. The zero-order chi connectivity index (χ0) is 23.8. The quantitative estimate of drug-likeness (QED) is 0.231. The number of aromatic nitrogens is 3. The third kappa shape index (κ3) is 5.99. The molecule has 10 heteroatoms. The van der Waals surface area contributed by atoms with Crippen LogP contribution in [-0.2, 0) is 11.3 Å². The van der Waals surface area contributed by atoms with Crippen LogP contribution >= 0.6 is 11.8 Å². The maximum absolute atomic E-state index is 12.6. The van der Waals surface area contributed by atoms with E-state index < -0.39 is 0 Å². The molecule has 0 unspecified atom stereocenters. The van der Waals surface area contributed by atoms with Crippen molar-refractivity contribution in [3.05, 3.63) is 84.7 Å². The molecule has 0 fully saturated rings. The summed E-state index contributed by atoms with van der Waals surface area (Å²) in [5.74, 6) is 8.58. The summed E-state index contributed by atoms with van der Waals surface area (Å²) >= 11 is 1.20. The van der Waals surface area contributed by atoms with Crippen molar-refractivity contribution in [1.29, 1.82) is 0 Å². The Kier molecular flexibility index (Phi) is 7.51. The first-order chi connectivity index (χ1) is 16.6. The fourth-order valence-corrected chi connectivity index (χ4v) is 3.68. The van der Waals surface area contributed by atoms with Crippen molar-refractivity contribution in [2.75, 3.05) is 29.3 Å². The minimum absolute atomic E-state index is 0.112. The third-order valence-electron chi connectivity index (χ3n) is 4.74. The lowest BCUT2D eigenvalue weighted by Crippen LogP contribution is -2.18. The predicted octanol–water partition coefficient (Wildman–Crippen LogP) is 4.14. The number of nitrogens with one attached hydrogen (secondary N) is 2. The average Bonchev–Trinajstić information content (AvgIpc) is 3.22. The smallest absolute Gasteiger partial charge is 0.234 e. The van der Waals surface area contributed by atoms with Crippen LogP contribution in [0, 0.1) is 0 Å². The largest absolute Gasteiger partial charge is 0.497 e. The van der Waals surface area contributed by atoms with Crippen LogP contribution in [0.3, 0.4) is 0 Å². The van der Waals surface area contributed by atoms with Gasteiger partial charge in [-0.05, 0) is 48.5 Å². The fraction of sp³-hybridized carbons (Fsp3) is 0.125. The van der Waals surface area contributed by atoms with Gasteiger partial charge in [-0.25, -0.2) is 4.68 Å². The first kappa shape index (κ1) is 23.0. The van der Waals surface area contributed by atoms with Gasteiger partial charge in [0.1, 0.15) is 11.5 Å². The van der Waals surface area contributed by atoms with Gasteiger partial charge >= 0.3 is 0 Å². The Balaban J connectivity index is 1.31. The molecule has 0 saturated carbocycles. The summed E-state index contributed by atoms with van der Waals surface area (Å²) in [6.07, 6.45) is 0. The Morgan fingerprint density at radius 3 is 2.47 bits per heavy atom. The third-order valence-corrected chi connectivity index (χ3v) is 5.68. The molecular weight excluding hydrogens is 452 g/mol. The molecule has 0 bridgehead atoms. The number of thioether (sulfide) groups is 1. The Labute approximate surface area is 201 Å². The number of methoxy groups -OCH3 is 1. The molecule has 0 saturated heterocycles. The lowest BCUT2D eigenvalue weighted by Gasteiger charge is -2.12. The highest BCUT2D eigenvalue weighted by Gasteiger charge is 2.14. The van der Waals surface area contributed by atoms with E-state index in [1.54, 1.807) is 19.2 Å². The van der Waals surface area contributed by atoms with Gasteiger partial charge in [0.15, 0.2) is 11.6 Å². The summed E-state index contributed by atoms with van der Waals surface area (Å²) in [4.78, 5) is 12.6. The van der Waals surface area contributed by atoms with Gasteiger partial charge in [-0.3, -0.25) is 4.79 Å². The highest BCUT2D eigenvalue weighted by molar-refractivity contribution is 7.99. The van der Waals surface area contributed by atoms with E-state index in [1.807, 2.05) is 66.7 Å². The number of nitrogens with zero attached hydrogens (tertiary/aromatic N) is 3. The van der Waals surface area contributed by atoms with Gasteiger partial charge in [-0.1, -0.05) is 42.1 Å². The molecule has 0 radical (unpaired) electrons. The number of rotatable bonds is 10. The number of para-hydroxylation sites is 3. The van der Waals surface area contributed by atoms with Gasteiger partial charge in [0, 0.05) is 5.69 Å². The van der Waals surface area contributed by atoms with Crippen LogP contribution in [0.2, 0.25) is 0 Å². The Morgan fingerprint density at radius 2 is 1.71 bits per heavy atom.